The molecule has 1 aliphatic rings. The number of sulfonamides is 1. The Morgan fingerprint density at radius 2 is 1.87 bits per heavy atom. The smallest absolute Gasteiger partial charge is 0.243 e. The van der Waals surface area contributed by atoms with Gasteiger partial charge in [0.1, 0.15) is 0 Å². The first-order valence-electron chi connectivity index (χ1n) is 7.22. The number of rotatable bonds is 4. The maximum atomic E-state index is 13.8. The molecule has 0 atom stereocenters. The fourth-order valence-corrected chi connectivity index (χ4v) is 4.17. The highest BCUT2D eigenvalue weighted by molar-refractivity contribution is 7.89. The highest BCUT2D eigenvalue weighted by Gasteiger charge is 2.31. The maximum Gasteiger partial charge on any atom is 0.243 e. The highest BCUT2D eigenvalue weighted by atomic mass is 32.2. The van der Waals surface area contributed by atoms with E-state index in [0.717, 1.165) is 6.07 Å². The minimum Gasteiger partial charge on any atom is -0.494 e. The van der Waals surface area contributed by atoms with Gasteiger partial charge in [-0.2, -0.15) is 19.3 Å². The van der Waals surface area contributed by atoms with Gasteiger partial charge in [-0.05, 0) is 31.0 Å². The minimum atomic E-state index is -3.71. The van der Waals surface area contributed by atoms with Gasteiger partial charge in [-0.15, -0.1) is 0 Å². The topological polar surface area (TPSA) is 77.3 Å². The van der Waals surface area contributed by atoms with Gasteiger partial charge in [0.25, 0.3) is 0 Å². The zero-order chi connectivity index (χ0) is 16.4. The number of piperidine rings is 1. The summed E-state index contributed by atoms with van der Waals surface area (Å²) in [4.78, 5) is 1.54. The molecular weight excluding hydrogens is 323 g/mol. The van der Waals surface area contributed by atoms with E-state index in [4.69, 9.17) is 4.74 Å². The molecule has 1 saturated heterocycles. The average Bonchev–Trinajstić information content (AvgIpc) is 3.09. The van der Waals surface area contributed by atoms with E-state index in [0.29, 0.717) is 25.9 Å². The number of hydrogen-bond acceptors (Lipinski definition) is 5. The molecule has 0 bridgehead atoms. The Balaban J connectivity index is 1.75. The van der Waals surface area contributed by atoms with E-state index in [1.165, 1.54) is 23.5 Å². The number of methoxy groups -OCH3 is 1. The summed E-state index contributed by atoms with van der Waals surface area (Å²) in [5.74, 6) is -0.670. The molecule has 0 amide bonds. The van der Waals surface area contributed by atoms with Gasteiger partial charge >= 0.3 is 0 Å². The standard InChI is InChI=1S/C14H17FN4O3S/c1-22-14-3-2-12(10-13(14)15)23(20,21)18-8-4-11(5-9-18)19-16-6-7-17-19/h2-3,6-7,10-11H,4-5,8-9H2,1H3. The summed E-state index contributed by atoms with van der Waals surface area (Å²) in [6.45, 7) is 0.699. The summed E-state index contributed by atoms with van der Waals surface area (Å²) in [6, 6.07) is 3.76. The van der Waals surface area contributed by atoms with Crippen LogP contribution in [0.2, 0.25) is 0 Å². The average molecular weight is 340 g/mol. The molecule has 23 heavy (non-hydrogen) atoms. The summed E-state index contributed by atoms with van der Waals surface area (Å²) in [5, 5.41) is 8.18. The number of ether oxygens (including phenoxy) is 1. The molecule has 0 unspecified atom stereocenters. The number of aromatic nitrogens is 3. The van der Waals surface area contributed by atoms with E-state index in [2.05, 4.69) is 10.2 Å². The third-order valence-electron chi connectivity index (χ3n) is 3.95. The van der Waals surface area contributed by atoms with Crippen LogP contribution in [0.25, 0.3) is 0 Å². The van der Waals surface area contributed by atoms with Crippen LogP contribution >= 0.6 is 0 Å². The second-order valence-corrected chi connectivity index (χ2v) is 7.22. The summed E-state index contributed by atoms with van der Waals surface area (Å²) >= 11 is 0. The molecule has 3 rings (SSSR count). The Morgan fingerprint density at radius 1 is 1.22 bits per heavy atom. The molecule has 9 heteroatoms. The molecule has 0 spiro atoms. The summed E-state index contributed by atoms with van der Waals surface area (Å²) < 4.78 is 45.2. The lowest BCUT2D eigenvalue weighted by molar-refractivity contribution is 0.245. The van der Waals surface area contributed by atoms with Crippen molar-refractivity contribution in [2.75, 3.05) is 20.2 Å². The van der Waals surface area contributed by atoms with E-state index >= 15 is 0 Å². The number of nitrogens with zero attached hydrogens (tertiary/aromatic N) is 4. The van der Waals surface area contributed by atoms with Crippen LogP contribution < -0.4 is 4.74 Å². The summed E-state index contributed by atoms with van der Waals surface area (Å²) in [6.07, 6.45) is 4.44. The van der Waals surface area contributed by atoms with Crippen LogP contribution in [0, 0.1) is 5.82 Å². The van der Waals surface area contributed by atoms with Crippen molar-refractivity contribution in [3.8, 4) is 5.75 Å². The molecule has 2 aromatic rings. The summed E-state index contributed by atoms with van der Waals surface area (Å²) in [5.41, 5.74) is 0. The molecule has 0 radical (unpaired) electrons. The molecule has 0 saturated carbocycles. The molecule has 7 nitrogen and oxygen atoms in total. The van der Waals surface area contributed by atoms with Crippen LogP contribution in [0.5, 0.6) is 5.75 Å². The normalized spacial score (nSPS) is 17.3. The van der Waals surface area contributed by atoms with Crippen molar-refractivity contribution in [3.05, 3.63) is 36.4 Å². The Morgan fingerprint density at radius 3 is 2.43 bits per heavy atom. The van der Waals surface area contributed by atoms with Crippen molar-refractivity contribution >= 4 is 10.0 Å². The van der Waals surface area contributed by atoms with Crippen LogP contribution in [-0.2, 0) is 10.0 Å². The lowest BCUT2D eigenvalue weighted by Crippen LogP contribution is -2.39. The third-order valence-corrected chi connectivity index (χ3v) is 5.84. The van der Waals surface area contributed by atoms with Gasteiger partial charge in [0.05, 0.1) is 30.4 Å². The van der Waals surface area contributed by atoms with Crippen LogP contribution in [-0.4, -0.2) is 47.9 Å². The maximum absolute atomic E-state index is 13.8. The Bertz CT molecular complexity index is 771. The largest absolute Gasteiger partial charge is 0.494 e. The van der Waals surface area contributed by atoms with Crippen LogP contribution in [0.3, 0.4) is 0 Å². The van der Waals surface area contributed by atoms with Crippen molar-refractivity contribution < 1.29 is 17.5 Å². The molecule has 0 aliphatic carbocycles. The number of benzene rings is 1. The SMILES string of the molecule is COc1ccc(S(=O)(=O)N2CCC(n3nccn3)CC2)cc1F. The van der Waals surface area contributed by atoms with E-state index < -0.39 is 15.8 Å². The predicted octanol–water partition coefficient (Wildman–Crippen LogP) is 1.45. The molecule has 0 N–H and O–H groups in total. The first kappa shape index (κ1) is 15.9. The minimum absolute atomic E-state index is 0.0208. The van der Waals surface area contributed by atoms with Crippen molar-refractivity contribution in [1.29, 1.82) is 0 Å². The fourth-order valence-electron chi connectivity index (χ4n) is 2.68. The second-order valence-electron chi connectivity index (χ2n) is 5.28. The zero-order valence-corrected chi connectivity index (χ0v) is 13.4. The van der Waals surface area contributed by atoms with Gasteiger partial charge < -0.3 is 4.74 Å². The van der Waals surface area contributed by atoms with E-state index in [9.17, 15) is 12.8 Å². The quantitative estimate of drug-likeness (QED) is 0.842. The van der Waals surface area contributed by atoms with Crippen molar-refractivity contribution in [2.45, 2.75) is 23.8 Å². The fraction of sp³-hybridized carbons (Fsp3) is 0.429. The van der Waals surface area contributed by atoms with Crippen molar-refractivity contribution in [2.24, 2.45) is 0 Å². The van der Waals surface area contributed by atoms with E-state index in [1.54, 1.807) is 17.2 Å². The van der Waals surface area contributed by atoms with Gasteiger partial charge in [-0.1, -0.05) is 0 Å². The molecular formula is C14H17FN4O3S. The summed E-state index contributed by atoms with van der Waals surface area (Å²) in [7, 11) is -2.38. The zero-order valence-electron chi connectivity index (χ0n) is 12.6. The van der Waals surface area contributed by atoms with Crippen LogP contribution in [0.4, 0.5) is 4.39 Å². The van der Waals surface area contributed by atoms with Crippen molar-refractivity contribution in [1.82, 2.24) is 19.3 Å². The second kappa shape index (κ2) is 6.25. The van der Waals surface area contributed by atoms with Crippen molar-refractivity contribution in [3.63, 3.8) is 0 Å². The van der Waals surface area contributed by atoms with Crippen LogP contribution in [0.15, 0.2) is 35.5 Å². The van der Waals surface area contributed by atoms with E-state index in [1.807, 2.05) is 0 Å². The highest BCUT2D eigenvalue weighted by Crippen LogP contribution is 2.27. The number of hydrogen-bond donors (Lipinski definition) is 0. The Labute approximate surface area is 133 Å². The molecule has 1 aromatic heterocycles. The predicted molar refractivity (Wildman–Crippen MR) is 80.0 cm³/mol. The molecule has 1 aromatic carbocycles. The van der Waals surface area contributed by atoms with Gasteiger partial charge in [-0.25, -0.2) is 12.8 Å². The van der Waals surface area contributed by atoms with Crippen LogP contribution in [0.1, 0.15) is 18.9 Å². The molecule has 1 fully saturated rings. The molecule has 124 valence electrons. The monoisotopic (exact) mass is 340 g/mol. The first-order chi connectivity index (χ1) is 11.0. The lowest BCUT2D eigenvalue weighted by atomic mass is 10.1. The lowest BCUT2D eigenvalue weighted by Gasteiger charge is -2.30. The third kappa shape index (κ3) is 3.06. The van der Waals surface area contributed by atoms with Gasteiger partial charge in [0, 0.05) is 13.1 Å². The van der Waals surface area contributed by atoms with Gasteiger partial charge in [0.2, 0.25) is 10.0 Å². The van der Waals surface area contributed by atoms with Gasteiger partial charge in [-0.3, -0.25) is 0 Å². The van der Waals surface area contributed by atoms with E-state index in [-0.39, 0.29) is 16.7 Å². The number of halogens is 1. The first-order valence-corrected chi connectivity index (χ1v) is 8.66. The Hall–Kier alpha value is -2.00. The Kier molecular flexibility index (Phi) is 4.31. The molecule has 1 aliphatic heterocycles. The molecule has 2 heterocycles. The van der Waals surface area contributed by atoms with Gasteiger partial charge in [0.15, 0.2) is 11.6 Å².